The third-order valence-electron chi connectivity index (χ3n) is 6.44. The number of hydrogen-bond acceptors (Lipinski definition) is 0. The van der Waals surface area contributed by atoms with Gasteiger partial charge < -0.3 is 0 Å². The molecule has 0 aromatic rings. The first-order valence-electron chi connectivity index (χ1n) is 14.7. The van der Waals surface area contributed by atoms with Crippen LogP contribution in [0.2, 0.25) is 0 Å². The first kappa shape index (κ1) is 37.4. The molecule has 2 aliphatic rings. The highest BCUT2D eigenvalue weighted by atomic mass is 14.5. The van der Waals surface area contributed by atoms with E-state index in [1.165, 1.54) is 0 Å². The van der Waals surface area contributed by atoms with Gasteiger partial charge in [-0.1, -0.05) is 37.0 Å². The molecule has 2 atom stereocenters. The van der Waals surface area contributed by atoms with Crippen LogP contribution in [0.25, 0.3) is 0 Å². The Labute approximate surface area is 299 Å². The highest BCUT2D eigenvalue weighted by Crippen LogP contribution is 2.60. The van der Waals surface area contributed by atoms with Gasteiger partial charge in [-0.05, 0) is 222 Å². The molecule has 2 fully saturated rings. The van der Waals surface area contributed by atoms with E-state index in [4.69, 9.17) is 6.42 Å². The molecule has 1 unspecified atom stereocenters. The van der Waals surface area contributed by atoms with Crippen LogP contribution in [0.3, 0.4) is 0 Å². The van der Waals surface area contributed by atoms with E-state index in [2.05, 4.69) is 231 Å². The van der Waals surface area contributed by atoms with Crippen LogP contribution in [-0.2, 0) is 0 Å². The minimum Gasteiger partial charge on any atom is -0.106 e. The smallest absolute Gasteiger partial charge is 0.0490 e. The summed E-state index contributed by atoms with van der Waals surface area (Å²) in [5.41, 5.74) is -0.385. The van der Waals surface area contributed by atoms with E-state index in [-0.39, 0.29) is 10.8 Å². The van der Waals surface area contributed by atoms with Crippen LogP contribution < -0.4 is 0 Å². The van der Waals surface area contributed by atoms with Crippen molar-refractivity contribution >= 4 is 0 Å². The highest BCUT2D eigenvalue weighted by molar-refractivity contribution is 5.49. The summed E-state index contributed by atoms with van der Waals surface area (Å²) in [6.07, 6.45) is 12.3. The summed E-state index contributed by atoms with van der Waals surface area (Å²) in [5.74, 6) is 103. The zero-order valence-electron chi connectivity index (χ0n) is 27.0. The van der Waals surface area contributed by atoms with Crippen LogP contribution in [0.15, 0.2) is 0 Å². The van der Waals surface area contributed by atoms with Crippen molar-refractivity contribution in [1.82, 2.24) is 0 Å². The van der Waals surface area contributed by atoms with Crippen molar-refractivity contribution in [3.63, 3.8) is 0 Å². The second kappa shape index (κ2) is 25.5. The van der Waals surface area contributed by atoms with Gasteiger partial charge in [0, 0.05) is 34.5 Å². The number of hydrogen-bond donors (Lipinski definition) is 0. The summed E-state index contributed by atoms with van der Waals surface area (Å²) in [6, 6.07) is 0. The topological polar surface area (TPSA) is 0 Å². The zero-order chi connectivity index (χ0) is 35.5. The lowest BCUT2D eigenvalue weighted by atomic mass is 9.58. The molecule has 0 saturated heterocycles. The highest BCUT2D eigenvalue weighted by Gasteiger charge is 2.54. The maximum atomic E-state index is 4.97. The van der Waals surface area contributed by atoms with Gasteiger partial charge in [0.15, 0.2) is 0 Å². The maximum Gasteiger partial charge on any atom is 0.0490 e. The summed E-state index contributed by atoms with van der Waals surface area (Å²) in [5, 5.41) is 0. The van der Waals surface area contributed by atoms with Gasteiger partial charge in [-0.3, -0.25) is 0 Å². The van der Waals surface area contributed by atoms with Gasteiger partial charge >= 0.3 is 0 Å². The molecule has 218 valence electrons. The van der Waals surface area contributed by atoms with Crippen LogP contribution in [0.4, 0.5) is 0 Å². The Hall–Kier alpha value is -8.80. The van der Waals surface area contributed by atoms with Crippen LogP contribution in [0.1, 0.15) is 51.9 Å². The van der Waals surface area contributed by atoms with Gasteiger partial charge in [-0.2, -0.15) is 0 Å². The third-order valence-corrected chi connectivity index (χ3v) is 6.44. The molecule has 50 heavy (non-hydrogen) atoms. The normalized spacial score (nSPS) is 14.2. The molecular weight excluding hydrogens is 601 g/mol. The van der Waals surface area contributed by atoms with Crippen molar-refractivity contribution in [2.75, 3.05) is 0 Å². The van der Waals surface area contributed by atoms with Gasteiger partial charge in [0.05, 0.1) is 0 Å². The molecule has 0 heterocycles. The maximum absolute atomic E-state index is 4.97. The van der Waals surface area contributed by atoms with E-state index < -0.39 is 0 Å². The molecule has 0 aromatic heterocycles. The lowest BCUT2D eigenvalue weighted by Crippen LogP contribution is -2.38. The summed E-state index contributed by atoms with van der Waals surface area (Å²) in [4.78, 5) is 0. The molecule has 2 aliphatic carbocycles. The molecule has 0 nitrogen and oxygen atoms in total. The van der Waals surface area contributed by atoms with E-state index in [9.17, 15) is 0 Å². The molecule has 0 amide bonds. The third kappa shape index (κ3) is 15.8. The number of rotatable bonds is 0. The van der Waals surface area contributed by atoms with Crippen molar-refractivity contribution in [3.8, 4) is 237 Å². The Bertz CT molecular complexity index is 2700. The van der Waals surface area contributed by atoms with Gasteiger partial charge in [-0.15, -0.1) is 6.42 Å². The van der Waals surface area contributed by atoms with Crippen molar-refractivity contribution < 1.29 is 0 Å². The second-order valence-electron chi connectivity index (χ2n) is 9.24. The van der Waals surface area contributed by atoms with Crippen LogP contribution in [-0.4, -0.2) is 0 Å². The Morgan fingerprint density at radius 1 is 0.280 bits per heavy atom. The van der Waals surface area contributed by atoms with Crippen molar-refractivity contribution in [2.24, 2.45) is 10.8 Å². The molecule has 0 aromatic carbocycles. The fourth-order valence-corrected chi connectivity index (χ4v) is 4.61. The van der Waals surface area contributed by atoms with Crippen LogP contribution >= 0.6 is 0 Å². The molecular formula is C50H18. The van der Waals surface area contributed by atoms with E-state index in [0.29, 0.717) is 0 Å². The summed E-state index contributed by atoms with van der Waals surface area (Å²) >= 11 is 0. The van der Waals surface area contributed by atoms with E-state index in [1.54, 1.807) is 6.92 Å². The van der Waals surface area contributed by atoms with Crippen LogP contribution in [0.5, 0.6) is 0 Å². The van der Waals surface area contributed by atoms with E-state index in [1.807, 2.05) is 0 Å². The van der Waals surface area contributed by atoms with E-state index in [0.717, 1.165) is 44.9 Å². The van der Waals surface area contributed by atoms with Crippen molar-refractivity contribution in [3.05, 3.63) is 0 Å². The largest absolute Gasteiger partial charge is 0.106 e. The lowest BCUT2D eigenvalue weighted by molar-refractivity contribution is 0.132. The van der Waals surface area contributed by atoms with Gasteiger partial charge in [-0.25, -0.2) is 0 Å². The van der Waals surface area contributed by atoms with Gasteiger partial charge in [0.1, 0.15) is 0 Å². The van der Waals surface area contributed by atoms with Crippen molar-refractivity contribution in [1.29, 1.82) is 0 Å². The Kier molecular flexibility index (Phi) is 19.1. The Balaban J connectivity index is 1.97. The molecule has 0 heteroatoms. The average Bonchev–Trinajstić information content (AvgIpc) is 3.51. The molecule has 0 radical (unpaired) electrons. The van der Waals surface area contributed by atoms with E-state index >= 15 is 0 Å². The molecule has 2 rings (SSSR count). The second-order valence-corrected chi connectivity index (χ2v) is 9.24. The fraction of sp³-hybridized carbons (Fsp3) is 0.200. The minimum absolute atomic E-state index is 0.193. The minimum atomic E-state index is -0.193. The Morgan fingerprint density at radius 2 is 0.500 bits per heavy atom. The number of terminal acetylenes is 1. The summed E-state index contributed by atoms with van der Waals surface area (Å²) in [7, 11) is 0. The first-order chi connectivity index (χ1) is 24.8. The zero-order valence-corrected chi connectivity index (χ0v) is 27.0. The van der Waals surface area contributed by atoms with Crippen LogP contribution in [0, 0.1) is 248 Å². The molecule has 0 spiro atoms. The number of fused-ring (bicyclic) bond motifs is 1. The fourth-order valence-electron chi connectivity index (χ4n) is 4.61. The molecule has 2 saturated carbocycles. The Morgan fingerprint density at radius 3 is 0.760 bits per heavy atom. The predicted octanol–water partition coefficient (Wildman–Crippen LogP) is 3.43. The standard InChI is InChI=1S/C50H18/c1-3-5-7-9-11-13-15-17-19-21-23-25-27-29-31-33-35-37-39-44-50-46-41-40-45-49(50,47-42-48-50)43-38-36-34-32-30-28-26-24-22-20-18-16-14-12-10-8-6-4-2/h2H,40-42,45-48H2,1H3/t49-,50?/m0/s1. The average molecular weight is 619 g/mol. The predicted molar refractivity (Wildman–Crippen MR) is 199 cm³/mol. The van der Waals surface area contributed by atoms with Crippen molar-refractivity contribution in [2.45, 2.75) is 51.9 Å². The first-order valence-corrected chi connectivity index (χ1v) is 14.7. The quantitative estimate of drug-likeness (QED) is 0.366. The molecule has 0 aliphatic heterocycles. The summed E-state index contributed by atoms with van der Waals surface area (Å²) in [6.45, 7) is 1.70. The monoisotopic (exact) mass is 618 g/mol. The summed E-state index contributed by atoms with van der Waals surface area (Å²) < 4.78 is 0. The SMILES string of the molecule is C#CC#CC#CC#CC#CC#CC#CC#CC#CC#C[C@@]12CCCCC1(C#CC#CC#CC#CC#CC#CC#CC#CC#CC#CC)CCC2. The lowest BCUT2D eigenvalue weighted by Gasteiger charge is -2.43. The molecule has 0 N–H and O–H groups in total. The molecule has 0 bridgehead atoms. The van der Waals surface area contributed by atoms with Gasteiger partial charge in [0.2, 0.25) is 0 Å². The van der Waals surface area contributed by atoms with Gasteiger partial charge in [0.25, 0.3) is 0 Å².